The van der Waals surface area contributed by atoms with Crippen LogP contribution < -0.4 is 9.73 Å². The third-order valence-electron chi connectivity index (χ3n) is 5.83. The molecule has 10 heteroatoms. The lowest BCUT2D eigenvalue weighted by molar-refractivity contribution is 0.0696. The maximum atomic E-state index is 13.9. The Morgan fingerprint density at radius 3 is 2.18 bits per heavy atom. The van der Waals surface area contributed by atoms with Crippen LogP contribution in [0.1, 0.15) is 37.4 Å². The number of carboxylic acids is 1. The van der Waals surface area contributed by atoms with Gasteiger partial charge in [-0.3, -0.25) is 9.10 Å². The highest BCUT2D eigenvalue weighted by Crippen LogP contribution is 2.30. The first-order valence-electron chi connectivity index (χ1n) is 11.8. The van der Waals surface area contributed by atoms with E-state index in [-0.39, 0.29) is 28.3 Å². The highest BCUT2D eigenvalue weighted by molar-refractivity contribution is 7.92. The summed E-state index contributed by atoms with van der Waals surface area (Å²) in [5.41, 5.74) is 4.47. The molecule has 0 bridgehead atoms. The maximum absolute atomic E-state index is 13.9. The molecule has 0 aliphatic heterocycles. The van der Waals surface area contributed by atoms with Crippen molar-refractivity contribution in [2.45, 2.75) is 18.4 Å². The fraction of sp³-hybridized carbons (Fsp3) is 0.0690. The number of carbonyl (C=O) groups excluding carboxylic acids is 1. The molecule has 198 valence electrons. The molecule has 0 aliphatic rings. The van der Waals surface area contributed by atoms with Crippen molar-refractivity contribution in [3.05, 3.63) is 130 Å². The van der Waals surface area contributed by atoms with E-state index in [4.69, 9.17) is 11.6 Å². The van der Waals surface area contributed by atoms with Crippen LogP contribution in [0.25, 0.3) is 0 Å². The smallest absolute Gasteiger partial charge is 0.336 e. The molecule has 0 radical (unpaired) electrons. The number of amides is 1. The van der Waals surface area contributed by atoms with Gasteiger partial charge in [0.05, 0.1) is 34.5 Å². The van der Waals surface area contributed by atoms with E-state index in [1.165, 1.54) is 34.8 Å². The first-order valence-corrected chi connectivity index (χ1v) is 13.6. The van der Waals surface area contributed by atoms with Gasteiger partial charge < -0.3 is 5.11 Å². The SMILES string of the molecule is Cc1ccc(S(=O)(=O)N(Cc2ccc(Cl)cc2)c2ccccc2C(=O)N/N=C/c2ccccc2C(=O)O)cc1. The summed E-state index contributed by atoms with van der Waals surface area (Å²) in [6.07, 6.45) is 1.22. The van der Waals surface area contributed by atoms with E-state index in [0.717, 1.165) is 5.56 Å². The fourth-order valence-corrected chi connectivity index (χ4v) is 5.40. The van der Waals surface area contributed by atoms with E-state index in [1.54, 1.807) is 72.8 Å². The Kier molecular flexibility index (Phi) is 8.43. The number of nitrogens with zero attached hydrogens (tertiary/aromatic N) is 2. The average molecular weight is 562 g/mol. The summed E-state index contributed by atoms with van der Waals surface area (Å²) in [5.74, 6) is -1.80. The topological polar surface area (TPSA) is 116 Å². The van der Waals surface area contributed by atoms with Crippen LogP contribution in [-0.4, -0.2) is 31.6 Å². The largest absolute Gasteiger partial charge is 0.478 e. The van der Waals surface area contributed by atoms with Crippen molar-refractivity contribution in [3.8, 4) is 0 Å². The van der Waals surface area contributed by atoms with Gasteiger partial charge in [-0.25, -0.2) is 18.6 Å². The highest BCUT2D eigenvalue weighted by atomic mass is 35.5. The maximum Gasteiger partial charge on any atom is 0.336 e. The first-order chi connectivity index (χ1) is 18.7. The van der Waals surface area contributed by atoms with E-state index in [9.17, 15) is 23.1 Å². The van der Waals surface area contributed by atoms with Crippen LogP contribution in [0.3, 0.4) is 0 Å². The van der Waals surface area contributed by atoms with Gasteiger partial charge in [-0.15, -0.1) is 0 Å². The van der Waals surface area contributed by atoms with Gasteiger partial charge in [-0.2, -0.15) is 5.10 Å². The molecule has 0 unspecified atom stereocenters. The molecule has 0 heterocycles. The number of aromatic carboxylic acids is 1. The number of benzene rings is 4. The number of anilines is 1. The van der Waals surface area contributed by atoms with Crippen LogP contribution in [0, 0.1) is 6.92 Å². The summed E-state index contributed by atoms with van der Waals surface area (Å²) >= 11 is 6.02. The molecule has 4 aromatic carbocycles. The van der Waals surface area contributed by atoms with E-state index >= 15 is 0 Å². The van der Waals surface area contributed by atoms with Crippen LogP contribution in [0.5, 0.6) is 0 Å². The molecule has 0 atom stereocenters. The first kappa shape index (κ1) is 27.6. The number of carbonyl (C=O) groups is 2. The average Bonchev–Trinajstić information content (AvgIpc) is 2.93. The van der Waals surface area contributed by atoms with Crippen molar-refractivity contribution in [2.75, 3.05) is 4.31 Å². The Bertz CT molecular complexity index is 1640. The summed E-state index contributed by atoms with van der Waals surface area (Å²) in [7, 11) is -4.10. The van der Waals surface area contributed by atoms with E-state index in [2.05, 4.69) is 10.5 Å². The molecule has 1 amide bonds. The van der Waals surface area contributed by atoms with Crippen LogP contribution in [-0.2, 0) is 16.6 Å². The number of hydrogen-bond acceptors (Lipinski definition) is 5. The number of para-hydroxylation sites is 1. The minimum Gasteiger partial charge on any atom is -0.478 e. The van der Waals surface area contributed by atoms with Crippen molar-refractivity contribution < 1.29 is 23.1 Å². The number of nitrogens with one attached hydrogen (secondary N) is 1. The van der Waals surface area contributed by atoms with Crippen molar-refractivity contribution in [1.29, 1.82) is 0 Å². The zero-order chi connectivity index (χ0) is 28.0. The second kappa shape index (κ2) is 11.9. The van der Waals surface area contributed by atoms with Gasteiger partial charge in [-0.1, -0.05) is 71.8 Å². The fourth-order valence-electron chi connectivity index (χ4n) is 3.80. The number of aryl methyl sites for hydroxylation is 1. The minimum atomic E-state index is -4.10. The number of carboxylic acid groups (broad SMARTS) is 1. The summed E-state index contributed by atoms with van der Waals surface area (Å²) in [5, 5.41) is 13.8. The molecular formula is C29H24ClN3O5S. The molecule has 4 aromatic rings. The highest BCUT2D eigenvalue weighted by Gasteiger charge is 2.28. The number of hydrogen-bond donors (Lipinski definition) is 2. The molecule has 0 fully saturated rings. The van der Waals surface area contributed by atoms with Crippen molar-refractivity contribution in [1.82, 2.24) is 5.43 Å². The molecule has 0 aliphatic carbocycles. The van der Waals surface area contributed by atoms with E-state index in [1.807, 2.05) is 6.92 Å². The Balaban J connectivity index is 1.71. The summed E-state index contributed by atoms with van der Waals surface area (Å²) < 4.78 is 28.9. The summed E-state index contributed by atoms with van der Waals surface area (Å²) in [4.78, 5) is 24.7. The van der Waals surface area contributed by atoms with Crippen molar-refractivity contribution >= 4 is 45.4 Å². The van der Waals surface area contributed by atoms with Gasteiger partial charge in [0.2, 0.25) is 0 Å². The Hall–Kier alpha value is -4.47. The molecule has 2 N–H and O–H groups in total. The molecule has 0 aromatic heterocycles. The predicted octanol–water partition coefficient (Wildman–Crippen LogP) is 5.51. The number of halogens is 1. The number of rotatable bonds is 9. The minimum absolute atomic E-state index is 0.0224. The third kappa shape index (κ3) is 6.51. The van der Waals surface area contributed by atoms with Crippen LogP contribution in [0.15, 0.2) is 107 Å². The van der Waals surface area contributed by atoms with E-state index in [0.29, 0.717) is 16.1 Å². The van der Waals surface area contributed by atoms with Gasteiger partial charge in [0, 0.05) is 10.6 Å². The molecular weight excluding hydrogens is 538 g/mol. The lowest BCUT2D eigenvalue weighted by Gasteiger charge is -2.26. The van der Waals surface area contributed by atoms with Gasteiger partial charge >= 0.3 is 5.97 Å². The zero-order valence-electron chi connectivity index (χ0n) is 20.8. The molecule has 0 saturated carbocycles. The Labute approximate surface area is 231 Å². The van der Waals surface area contributed by atoms with Gasteiger partial charge in [-0.05, 0) is 55.0 Å². The summed E-state index contributed by atoms with van der Waals surface area (Å²) in [6.45, 7) is 1.80. The quantitative estimate of drug-likeness (QED) is 0.206. The van der Waals surface area contributed by atoms with Gasteiger partial charge in [0.15, 0.2) is 0 Å². The number of hydrazone groups is 1. The monoisotopic (exact) mass is 561 g/mol. The Morgan fingerprint density at radius 2 is 1.51 bits per heavy atom. The number of sulfonamides is 1. The van der Waals surface area contributed by atoms with Crippen molar-refractivity contribution in [3.63, 3.8) is 0 Å². The molecule has 8 nitrogen and oxygen atoms in total. The second-order valence-corrected chi connectivity index (χ2v) is 10.9. The molecule has 0 saturated heterocycles. The van der Waals surface area contributed by atoms with E-state index < -0.39 is 21.9 Å². The van der Waals surface area contributed by atoms with Crippen molar-refractivity contribution in [2.24, 2.45) is 5.10 Å². The van der Waals surface area contributed by atoms with Gasteiger partial charge in [0.1, 0.15) is 0 Å². The van der Waals surface area contributed by atoms with Crippen LogP contribution in [0.2, 0.25) is 5.02 Å². The molecule has 0 spiro atoms. The van der Waals surface area contributed by atoms with Crippen LogP contribution in [0.4, 0.5) is 5.69 Å². The molecule has 39 heavy (non-hydrogen) atoms. The summed E-state index contributed by atoms with van der Waals surface area (Å²) in [6, 6.07) is 25.7. The normalized spacial score (nSPS) is 11.3. The second-order valence-electron chi connectivity index (χ2n) is 8.56. The van der Waals surface area contributed by atoms with Gasteiger partial charge in [0.25, 0.3) is 15.9 Å². The lowest BCUT2D eigenvalue weighted by Crippen LogP contribution is -2.33. The third-order valence-corrected chi connectivity index (χ3v) is 7.85. The standard InChI is InChI=1S/C29H24ClN3O5S/c1-20-10-16-24(17-11-20)39(37,38)33(19-21-12-14-23(30)15-13-21)27-9-5-4-8-26(27)28(34)32-31-18-22-6-2-3-7-25(22)29(35)36/h2-18H,19H2,1H3,(H,32,34)(H,35,36)/b31-18+. The predicted molar refractivity (Wildman–Crippen MR) is 151 cm³/mol. The Morgan fingerprint density at radius 1 is 0.897 bits per heavy atom. The zero-order valence-corrected chi connectivity index (χ0v) is 22.4. The lowest BCUT2D eigenvalue weighted by atomic mass is 10.1. The van der Waals surface area contributed by atoms with Crippen LogP contribution >= 0.6 is 11.6 Å². The molecule has 4 rings (SSSR count).